The maximum Gasteiger partial charge on any atom is 0.243 e. The van der Waals surface area contributed by atoms with Gasteiger partial charge in [-0.05, 0) is 61.0 Å². The quantitative estimate of drug-likeness (QED) is 0.252. The number of aryl methyl sites for hydroxylation is 1. The fourth-order valence-corrected chi connectivity index (χ4v) is 6.79. The molecule has 2 aliphatic rings. The summed E-state index contributed by atoms with van der Waals surface area (Å²) in [6, 6.07) is 21.2. The van der Waals surface area contributed by atoms with Crippen LogP contribution < -0.4 is 23.8 Å². The molecule has 1 aromatic heterocycles. The summed E-state index contributed by atoms with van der Waals surface area (Å²) in [7, 11) is -0.794. The van der Waals surface area contributed by atoms with E-state index in [1.165, 1.54) is 4.31 Å². The summed E-state index contributed by atoms with van der Waals surface area (Å²) in [6.45, 7) is 3.58. The zero-order valence-corrected chi connectivity index (χ0v) is 26.7. The molecule has 0 bridgehead atoms. The van der Waals surface area contributed by atoms with Crippen molar-refractivity contribution in [2.45, 2.75) is 18.4 Å². The molecular formula is C33H35N5O7S. The second kappa shape index (κ2) is 13.2. The van der Waals surface area contributed by atoms with Crippen molar-refractivity contribution in [1.82, 2.24) is 19.4 Å². The Balaban J connectivity index is 1.13. The number of amides is 1. The van der Waals surface area contributed by atoms with Crippen LogP contribution >= 0.6 is 0 Å². The fourth-order valence-electron chi connectivity index (χ4n) is 5.41. The molecule has 0 spiro atoms. The maximum absolute atomic E-state index is 13.8. The van der Waals surface area contributed by atoms with E-state index in [1.807, 2.05) is 31.2 Å². The number of carbonyl (C=O) groups excluding carboxylic acids is 1. The third kappa shape index (κ3) is 6.56. The minimum Gasteiger partial charge on any atom is -0.497 e. The third-order valence-corrected chi connectivity index (χ3v) is 9.86. The Bertz CT molecular complexity index is 1810. The number of rotatable bonds is 10. The molecule has 0 atom stereocenters. The molecule has 0 aliphatic carbocycles. The van der Waals surface area contributed by atoms with Gasteiger partial charge in [0.25, 0.3) is 0 Å². The second-order valence-corrected chi connectivity index (χ2v) is 12.9. The monoisotopic (exact) mass is 645 g/mol. The highest BCUT2D eigenvalue weighted by atomic mass is 32.2. The van der Waals surface area contributed by atoms with Gasteiger partial charge in [0.2, 0.25) is 22.7 Å². The zero-order valence-electron chi connectivity index (χ0n) is 25.9. The van der Waals surface area contributed by atoms with Crippen molar-refractivity contribution >= 4 is 21.7 Å². The number of hydrogen-bond acceptors (Lipinski definition) is 10. The van der Waals surface area contributed by atoms with E-state index in [1.54, 1.807) is 67.7 Å². The zero-order chi connectivity index (χ0) is 32.3. The van der Waals surface area contributed by atoms with Crippen molar-refractivity contribution in [3.8, 4) is 34.3 Å². The Hall–Kier alpha value is -4.88. The van der Waals surface area contributed by atoms with Crippen LogP contribution in [0.1, 0.15) is 11.1 Å². The number of fused-ring (bicyclic) bond motifs is 1. The number of benzene rings is 3. The van der Waals surface area contributed by atoms with Crippen molar-refractivity contribution in [3.05, 3.63) is 83.9 Å². The highest BCUT2D eigenvalue weighted by Gasteiger charge is 2.31. The Morgan fingerprint density at radius 1 is 0.870 bits per heavy atom. The van der Waals surface area contributed by atoms with Gasteiger partial charge in [-0.2, -0.15) is 4.31 Å². The molecule has 0 N–H and O–H groups in total. The Morgan fingerprint density at radius 2 is 1.63 bits per heavy atom. The van der Waals surface area contributed by atoms with Crippen LogP contribution in [0.2, 0.25) is 0 Å². The average molecular weight is 646 g/mol. The van der Waals surface area contributed by atoms with Crippen LogP contribution in [0.25, 0.3) is 11.3 Å². The first-order valence-electron chi connectivity index (χ1n) is 14.8. The van der Waals surface area contributed by atoms with Crippen molar-refractivity contribution in [2.75, 3.05) is 58.6 Å². The van der Waals surface area contributed by atoms with Gasteiger partial charge in [0, 0.05) is 44.4 Å². The first-order valence-corrected chi connectivity index (χ1v) is 16.2. The lowest BCUT2D eigenvalue weighted by molar-refractivity contribution is -0.131. The van der Waals surface area contributed by atoms with Gasteiger partial charge in [0.05, 0.1) is 31.4 Å². The SMILES string of the molecule is COc1ccc(-c2ccc(N3CCN(C(=O)CN(Cc4ccc5c(c4)OCO5)S(=O)(=O)c4ccc(C)cc4)CC3)nn2)c(OC)c1. The van der Waals surface area contributed by atoms with Crippen LogP contribution in [0.15, 0.2) is 77.7 Å². The van der Waals surface area contributed by atoms with Crippen molar-refractivity contribution < 1.29 is 32.2 Å². The predicted molar refractivity (Wildman–Crippen MR) is 171 cm³/mol. The molecule has 1 fully saturated rings. The largest absolute Gasteiger partial charge is 0.497 e. The molecule has 0 saturated carbocycles. The Kier molecular flexibility index (Phi) is 8.95. The minimum atomic E-state index is -3.98. The number of nitrogens with zero attached hydrogens (tertiary/aromatic N) is 5. The van der Waals surface area contributed by atoms with E-state index >= 15 is 0 Å². The fraction of sp³-hybridized carbons (Fsp3) is 0.303. The first-order chi connectivity index (χ1) is 22.2. The summed E-state index contributed by atoms with van der Waals surface area (Å²) in [4.78, 5) is 17.5. The summed E-state index contributed by atoms with van der Waals surface area (Å²) in [5, 5.41) is 8.86. The summed E-state index contributed by atoms with van der Waals surface area (Å²) >= 11 is 0. The molecule has 6 rings (SSSR count). The van der Waals surface area contributed by atoms with E-state index < -0.39 is 10.0 Å². The molecule has 12 nitrogen and oxygen atoms in total. The molecule has 46 heavy (non-hydrogen) atoms. The number of anilines is 1. The topological polar surface area (TPSA) is 124 Å². The lowest BCUT2D eigenvalue weighted by Crippen LogP contribution is -2.52. The van der Waals surface area contributed by atoms with E-state index in [9.17, 15) is 13.2 Å². The van der Waals surface area contributed by atoms with E-state index in [-0.39, 0.29) is 30.7 Å². The highest BCUT2D eigenvalue weighted by molar-refractivity contribution is 7.89. The molecule has 0 unspecified atom stereocenters. The van der Waals surface area contributed by atoms with Crippen molar-refractivity contribution in [3.63, 3.8) is 0 Å². The molecule has 2 aliphatic heterocycles. The molecule has 1 saturated heterocycles. The molecule has 240 valence electrons. The van der Waals surface area contributed by atoms with Gasteiger partial charge in [0.15, 0.2) is 17.3 Å². The Labute approximate surface area is 268 Å². The standard InChI is InChI=1S/C33H35N5O7S/c1-23-4-8-26(9-5-23)46(40,41)38(20-24-6-12-29-31(18-24)45-22-44-29)21-33(39)37-16-14-36(15-17-37)32-13-11-28(34-35-32)27-10-7-25(42-2)19-30(27)43-3/h4-13,18-19H,14-17,20-22H2,1-3H3. The highest BCUT2D eigenvalue weighted by Crippen LogP contribution is 2.34. The van der Waals surface area contributed by atoms with E-state index in [2.05, 4.69) is 15.1 Å². The number of sulfonamides is 1. The number of aromatic nitrogens is 2. The lowest BCUT2D eigenvalue weighted by Gasteiger charge is -2.36. The molecule has 3 heterocycles. The van der Waals surface area contributed by atoms with E-state index in [0.717, 1.165) is 11.1 Å². The Morgan fingerprint density at radius 3 is 2.33 bits per heavy atom. The second-order valence-electron chi connectivity index (χ2n) is 11.0. The molecule has 1 amide bonds. The van der Waals surface area contributed by atoms with Crippen LogP contribution in [0, 0.1) is 6.92 Å². The first kappa shape index (κ1) is 31.1. The van der Waals surface area contributed by atoms with Gasteiger partial charge < -0.3 is 28.7 Å². The number of piperazine rings is 1. The lowest BCUT2D eigenvalue weighted by atomic mass is 10.1. The van der Waals surface area contributed by atoms with Crippen LogP contribution in [-0.2, 0) is 21.4 Å². The number of methoxy groups -OCH3 is 2. The average Bonchev–Trinajstić information content (AvgIpc) is 3.56. The summed E-state index contributed by atoms with van der Waals surface area (Å²) in [6.07, 6.45) is 0. The smallest absolute Gasteiger partial charge is 0.243 e. The third-order valence-electron chi connectivity index (χ3n) is 8.06. The summed E-state index contributed by atoms with van der Waals surface area (Å²) in [5.41, 5.74) is 3.08. The van der Waals surface area contributed by atoms with Gasteiger partial charge >= 0.3 is 0 Å². The number of carbonyl (C=O) groups is 1. The number of hydrogen-bond donors (Lipinski definition) is 0. The van der Waals surface area contributed by atoms with Crippen LogP contribution in [0.3, 0.4) is 0 Å². The van der Waals surface area contributed by atoms with Crippen molar-refractivity contribution in [2.24, 2.45) is 0 Å². The van der Waals surface area contributed by atoms with Crippen molar-refractivity contribution in [1.29, 1.82) is 0 Å². The minimum absolute atomic E-state index is 0.000522. The summed E-state index contributed by atoms with van der Waals surface area (Å²) < 4.78 is 50.5. The van der Waals surface area contributed by atoms with Gasteiger partial charge in [-0.15, -0.1) is 10.2 Å². The van der Waals surface area contributed by atoms with Gasteiger partial charge in [-0.1, -0.05) is 23.8 Å². The van der Waals surface area contributed by atoms with E-state index in [0.29, 0.717) is 66.3 Å². The van der Waals surface area contributed by atoms with Gasteiger partial charge in [0.1, 0.15) is 11.5 Å². The predicted octanol–water partition coefficient (Wildman–Crippen LogP) is 3.74. The molecule has 0 radical (unpaired) electrons. The van der Waals surface area contributed by atoms with Crippen LogP contribution in [0.5, 0.6) is 23.0 Å². The molecule has 3 aromatic carbocycles. The number of ether oxygens (including phenoxy) is 4. The normalized spacial score (nSPS) is 14.4. The van der Waals surface area contributed by atoms with E-state index in [4.69, 9.17) is 18.9 Å². The maximum atomic E-state index is 13.8. The summed E-state index contributed by atoms with van der Waals surface area (Å²) in [5.74, 6) is 2.88. The van der Waals surface area contributed by atoms with Gasteiger partial charge in [-0.3, -0.25) is 4.79 Å². The van der Waals surface area contributed by atoms with Gasteiger partial charge in [-0.25, -0.2) is 8.42 Å². The van der Waals surface area contributed by atoms with Crippen LogP contribution in [0.4, 0.5) is 5.82 Å². The van der Waals surface area contributed by atoms with Crippen LogP contribution in [-0.4, -0.2) is 87.5 Å². The molecule has 4 aromatic rings. The molecular weight excluding hydrogens is 610 g/mol. The molecule has 13 heteroatoms.